The molecule has 1 aliphatic heterocycles. The number of benzene rings is 2. The van der Waals surface area contributed by atoms with Crippen LogP contribution < -0.4 is 4.74 Å². The lowest BCUT2D eigenvalue weighted by molar-refractivity contribution is -0.0400. The summed E-state index contributed by atoms with van der Waals surface area (Å²) >= 11 is 0. The minimum Gasteiger partial charge on any atom is -0.491 e. The molecule has 4 rings (SSSR count). The van der Waals surface area contributed by atoms with Crippen LogP contribution in [0.25, 0.3) is 10.9 Å². The first kappa shape index (κ1) is 17.2. The van der Waals surface area contributed by atoms with Crippen LogP contribution in [0.2, 0.25) is 0 Å². The van der Waals surface area contributed by atoms with Crippen molar-refractivity contribution in [1.82, 2.24) is 9.88 Å². The Balaban J connectivity index is 1.42. The van der Waals surface area contributed by atoms with Gasteiger partial charge in [0.15, 0.2) is 0 Å². The molecule has 1 N–H and O–H groups in total. The van der Waals surface area contributed by atoms with Gasteiger partial charge in [-0.2, -0.15) is 0 Å². The zero-order chi connectivity index (χ0) is 18.6. The minimum atomic E-state index is -0.178. The fraction of sp³-hybridized carbons (Fsp3) is 0.227. The summed E-state index contributed by atoms with van der Waals surface area (Å²) in [7, 11) is 0. The number of rotatable bonds is 4. The van der Waals surface area contributed by atoms with Crippen molar-refractivity contribution in [3.8, 4) is 18.1 Å². The number of morpholine rings is 1. The van der Waals surface area contributed by atoms with E-state index in [1.165, 1.54) is 0 Å². The number of aromatic nitrogens is 1. The molecule has 1 aromatic heterocycles. The van der Waals surface area contributed by atoms with E-state index in [1.54, 1.807) is 6.20 Å². The van der Waals surface area contributed by atoms with Gasteiger partial charge in [-0.25, -0.2) is 0 Å². The quantitative estimate of drug-likeness (QED) is 0.728. The normalized spacial score (nSPS) is 16.9. The lowest BCUT2D eigenvalue weighted by atomic mass is 10.1. The number of aromatic amines is 1. The van der Waals surface area contributed by atoms with E-state index in [0.717, 1.165) is 16.5 Å². The third-order valence-electron chi connectivity index (χ3n) is 4.68. The number of hydrogen-bond acceptors (Lipinski definition) is 3. The maximum Gasteiger partial charge on any atom is 0.256 e. The second kappa shape index (κ2) is 7.56. The summed E-state index contributed by atoms with van der Waals surface area (Å²) in [5.41, 5.74) is 2.42. The number of terminal acetylenes is 1. The van der Waals surface area contributed by atoms with Crippen LogP contribution in [0.5, 0.6) is 5.75 Å². The molecule has 0 spiro atoms. The molecule has 1 fully saturated rings. The van der Waals surface area contributed by atoms with E-state index in [4.69, 9.17) is 15.9 Å². The average molecular weight is 360 g/mol. The van der Waals surface area contributed by atoms with Gasteiger partial charge in [0.1, 0.15) is 18.5 Å². The van der Waals surface area contributed by atoms with Gasteiger partial charge in [-0.1, -0.05) is 30.2 Å². The SMILES string of the molecule is C#Cc1cccc(OCC2CN(C(=O)c3c[nH]c4ccccc34)CCO2)c1. The van der Waals surface area contributed by atoms with Gasteiger partial charge < -0.3 is 19.4 Å². The van der Waals surface area contributed by atoms with Gasteiger partial charge >= 0.3 is 0 Å². The Labute approximate surface area is 157 Å². The molecule has 5 heteroatoms. The molecule has 3 aromatic rings. The smallest absolute Gasteiger partial charge is 0.256 e. The molecular weight excluding hydrogens is 340 g/mol. The highest BCUT2D eigenvalue weighted by molar-refractivity contribution is 6.06. The van der Waals surface area contributed by atoms with Crippen molar-refractivity contribution in [2.75, 3.05) is 26.3 Å². The van der Waals surface area contributed by atoms with Gasteiger partial charge in [0.05, 0.1) is 18.7 Å². The second-order valence-electron chi connectivity index (χ2n) is 6.48. The average Bonchev–Trinajstić information content (AvgIpc) is 3.16. The van der Waals surface area contributed by atoms with Crippen molar-refractivity contribution < 1.29 is 14.3 Å². The summed E-state index contributed by atoms with van der Waals surface area (Å²) in [6.45, 7) is 1.92. The standard InChI is InChI=1S/C22H20N2O3/c1-2-16-6-5-7-17(12-16)27-15-18-14-24(10-11-26-18)22(25)20-13-23-21-9-4-3-8-19(20)21/h1,3-9,12-13,18,23H,10-11,14-15H2. The summed E-state index contributed by atoms with van der Waals surface area (Å²) < 4.78 is 11.6. The molecule has 1 saturated heterocycles. The van der Waals surface area contributed by atoms with Crippen molar-refractivity contribution in [3.05, 3.63) is 65.9 Å². The monoisotopic (exact) mass is 360 g/mol. The van der Waals surface area contributed by atoms with Gasteiger partial charge in [-0.05, 0) is 24.3 Å². The Bertz CT molecular complexity index is 1000. The Morgan fingerprint density at radius 2 is 2.19 bits per heavy atom. The van der Waals surface area contributed by atoms with Crippen LogP contribution >= 0.6 is 0 Å². The molecule has 1 amide bonds. The first-order valence-electron chi connectivity index (χ1n) is 8.91. The van der Waals surface area contributed by atoms with Crippen LogP contribution in [0.4, 0.5) is 0 Å². The number of H-pyrrole nitrogens is 1. The first-order chi connectivity index (χ1) is 13.2. The van der Waals surface area contributed by atoms with Crippen molar-refractivity contribution in [1.29, 1.82) is 0 Å². The molecule has 0 bridgehead atoms. The summed E-state index contributed by atoms with van der Waals surface area (Å²) in [4.78, 5) is 17.9. The van der Waals surface area contributed by atoms with E-state index in [9.17, 15) is 4.79 Å². The van der Waals surface area contributed by atoms with E-state index in [0.29, 0.717) is 37.6 Å². The van der Waals surface area contributed by atoms with Crippen molar-refractivity contribution >= 4 is 16.8 Å². The van der Waals surface area contributed by atoms with Crippen LogP contribution in [0, 0.1) is 12.3 Å². The Morgan fingerprint density at radius 1 is 1.30 bits per heavy atom. The lowest BCUT2D eigenvalue weighted by Crippen LogP contribution is -2.47. The van der Waals surface area contributed by atoms with E-state index in [2.05, 4.69) is 10.9 Å². The zero-order valence-corrected chi connectivity index (χ0v) is 14.9. The number of carbonyl (C=O) groups excluding carboxylic acids is 1. The topological polar surface area (TPSA) is 54.6 Å². The summed E-state index contributed by atoms with van der Waals surface area (Å²) in [6, 6.07) is 15.2. The fourth-order valence-electron chi connectivity index (χ4n) is 3.29. The number of amides is 1. The van der Waals surface area contributed by atoms with Gasteiger partial charge in [-0.3, -0.25) is 4.79 Å². The number of hydrogen-bond donors (Lipinski definition) is 1. The molecule has 1 atom stereocenters. The lowest BCUT2D eigenvalue weighted by Gasteiger charge is -2.32. The molecule has 5 nitrogen and oxygen atoms in total. The third kappa shape index (κ3) is 3.67. The highest BCUT2D eigenvalue weighted by Gasteiger charge is 2.27. The number of ether oxygens (including phenoxy) is 2. The Morgan fingerprint density at radius 3 is 3.07 bits per heavy atom. The zero-order valence-electron chi connectivity index (χ0n) is 14.9. The third-order valence-corrected chi connectivity index (χ3v) is 4.68. The largest absolute Gasteiger partial charge is 0.491 e. The molecular formula is C22H20N2O3. The molecule has 0 radical (unpaired) electrons. The summed E-state index contributed by atoms with van der Waals surface area (Å²) in [5, 5.41) is 0.938. The molecule has 2 heterocycles. The van der Waals surface area contributed by atoms with Gasteiger partial charge in [0.2, 0.25) is 0 Å². The van der Waals surface area contributed by atoms with E-state index < -0.39 is 0 Å². The van der Waals surface area contributed by atoms with Crippen molar-refractivity contribution in [3.63, 3.8) is 0 Å². The van der Waals surface area contributed by atoms with Crippen LogP contribution in [0.1, 0.15) is 15.9 Å². The maximum absolute atomic E-state index is 13.0. The summed E-state index contributed by atoms with van der Waals surface area (Å²) in [5.74, 6) is 3.30. The van der Waals surface area contributed by atoms with Crippen molar-refractivity contribution in [2.24, 2.45) is 0 Å². The van der Waals surface area contributed by atoms with Crippen LogP contribution in [0.15, 0.2) is 54.7 Å². The van der Waals surface area contributed by atoms with Crippen LogP contribution in [-0.4, -0.2) is 48.2 Å². The molecule has 1 unspecified atom stereocenters. The van der Waals surface area contributed by atoms with E-state index >= 15 is 0 Å². The Hall–Kier alpha value is -3.23. The molecule has 27 heavy (non-hydrogen) atoms. The molecule has 136 valence electrons. The highest BCUT2D eigenvalue weighted by Crippen LogP contribution is 2.21. The fourth-order valence-corrected chi connectivity index (χ4v) is 3.29. The van der Waals surface area contributed by atoms with Gasteiger partial charge in [0, 0.05) is 29.2 Å². The number of para-hydroxylation sites is 1. The molecule has 0 aliphatic carbocycles. The molecule has 1 aliphatic rings. The predicted octanol–water partition coefficient (Wildman–Crippen LogP) is 3.07. The number of nitrogens with one attached hydrogen (secondary N) is 1. The number of nitrogens with zero attached hydrogens (tertiary/aromatic N) is 1. The number of fused-ring (bicyclic) bond motifs is 1. The van der Waals surface area contributed by atoms with Crippen molar-refractivity contribution in [2.45, 2.75) is 6.10 Å². The van der Waals surface area contributed by atoms with E-state index in [-0.39, 0.29) is 12.0 Å². The molecule has 0 saturated carbocycles. The Kier molecular flexibility index (Phi) is 4.82. The van der Waals surface area contributed by atoms with Gasteiger partial charge in [-0.15, -0.1) is 6.42 Å². The highest BCUT2D eigenvalue weighted by atomic mass is 16.5. The predicted molar refractivity (Wildman–Crippen MR) is 104 cm³/mol. The minimum absolute atomic E-state index is 0.00933. The van der Waals surface area contributed by atoms with Crippen LogP contribution in [0.3, 0.4) is 0 Å². The summed E-state index contributed by atoms with van der Waals surface area (Å²) in [6.07, 6.45) is 7.02. The van der Waals surface area contributed by atoms with Gasteiger partial charge in [0.25, 0.3) is 5.91 Å². The molecule has 2 aromatic carbocycles. The van der Waals surface area contributed by atoms with E-state index in [1.807, 2.05) is 53.4 Å². The first-order valence-corrected chi connectivity index (χ1v) is 8.91. The van der Waals surface area contributed by atoms with Crippen LogP contribution in [-0.2, 0) is 4.74 Å². The second-order valence-corrected chi connectivity index (χ2v) is 6.48. The number of carbonyl (C=O) groups is 1. The maximum atomic E-state index is 13.0.